The highest BCUT2D eigenvalue weighted by Gasteiger charge is 2.22. The van der Waals surface area contributed by atoms with Crippen LogP contribution in [-0.4, -0.2) is 18.2 Å². The molecular formula is C8H12N2O2. The molecular weight excluding hydrogens is 156 g/mol. The maximum atomic E-state index is 5.41. The number of ether oxygens (including phenoxy) is 1. The summed E-state index contributed by atoms with van der Waals surface area (Å²) in [4.78, 5) is 4.24. The number of hydrogen-bond acceptors (Lipinski definition) is 4. The molecule has 0 aromatic carbocycles. The van der Waals surface area contributed by atoms with Gasteiger partial charge in [0.05, 0.1) is 18.2 Å². The summed E-state index contributed by atoms with van der Waals surface area (Å²) in [6.07, 6.45) is 2.62. The number of aromatic nitrogens is 1. The summed E-state index contributed by atoms with van der Waals surface area (Å²) in [6.45, 7) is 1.98. The van der Waals surface area contributed by atoms with E-state index in [1.807, 2.05) is 0 Å². The first kappa shape index (κ1) is 7.76. The molecule has 0 aliphatic carbocycles. The van der Waals surface area contributed by atoms with E-state index in [0.29, 0.717) is 12.5 Å². The van der Waals surface area contributed by atoms with Gasteiger partial charge in [-0.25, -0.2) is 4.98 Å². The molecule has 2 rings (SSSR count). The largest absolute Gasteiger partial charge is 0.448 e. The minimum Gasteiger partial charge on any atom is -0.448 e. The van der Waals surface area contributed by atoms with Gasteiger partial charge in [-0.1, -0.05) is 0 Å². The maximum Gasteiger partial charge on any atom is 0.199 e. The van der Waals surface area contributed by atoms with Crippen molar-refractivity contribution in [3.05, 3.63) is 17.8 Å². The van der Waals surface area contributed by atoms with Gasteiger partial charge in [0.2, 0.25) is 0 Å². The third-order valence-corrected chi connectivity index (χ3v) is 2.06. The van der Waals surface area contributed by atoms with Crippen LogP contribution in [0.3, 0.4) is 0 Å². The predicted octanol–water partition coefficient (Wildman–Crippen LogP) is 0.637. The molecule has 1 aromatic heterocycles. The molecule has 1 aromatic rings. The van der Waals surface area contributed by atoms with Gasteiger partial charge in [0.15, 0.2) is 5.89 Å². The lowest BCUT2D eigenvalue weighted by Gasteiger charge is -1.98. The Labute approximate surface area is 70.7 Å². The quantitative estimate of drug-likeness (QED) is 0.703. The zero-order chi connectivity index (χ0) is 8.39. The highest BCUT2D eigenvalue weighted by molar-refractivity contribution is 5.01. The van der Waals surface area contributed by atoms with Gasteiger partial charge < -0.3 is 14.9 Å². The monoisotopic (exact) mass is 168 g/mol. The minimum absolute atomic E-state index is 0.338. The second-order valence-corrected chi connectivity index (χ2v) is 2.94. The standard InChI is InChI=1S/C8H12N2O2/c9-3-7-5-12-8(10-7)6-1-2-11-4-6/h5-6H,1-4,9H2. The van der Waals surface area contributed by atoms with Crippen molar-refractivity contribution in [2.24, 2.45) is 5.73 Å². The van der Waals surface area contributed by atoms with Crippen molar-refractivity contribution in [2.45, 2.75) is 18.9 Å². The van der Waals surface area contributed by atoms with E-state index in [-0.39, 0.29) is 0 Å². The Hall–Kier alpha value is -0.870. The molecule has 2 N–H and O–H groups in total. The van der Waals surface area contributed by atoms with E-state index in [2.05, 4.69) is 4.98 Å². The fourth-order valence-corrected chi connectivity index (χ4v) is 1.33. The molecule has 4 heteroatoms. The molecule has 1 fully saturated rings. The lowest BCUT2D eigenvalue weighted by atomic mass is 10.1. The zero-order valence-electron chi connectivity index (χ0n) is 6.82. The van der Waals surface area contributed by atoms with Gasteiger partial charge in [-0.05, 0) is 6.42 Å². The lowest BCUT2D eigenvalue weighted by Crippen LogP contribution is -2.00. The van der Waals surface area contributed by atoms with E-state index in [0.717, 1.165) is 31.2 Å². The lowest BCUT2D eigenvalue weighted by molar-refractivity contribution is 0.190. The second-order valence-electron chi connectivity index (χ2n) is 2.94. The number of hydrogen-bond donors (Lipinski definition) is 1. The van der Waals surface area contributed by atoms with Gasteiger partial charge in [0.25, 0.3) is 0 Å². The molecule has 1 aliphatic rings. The average Bonchev–Trinajstić information content (AvgIpc) is 2.75. The molecule has 0 amide bonds. The van der Waals surface area contributed by atoms with Gasteiger partial charge in [0.1, 0.15) is 6.26 Å². The van der Waals surface area contributed by atoms with Crippen LogP contribution >= 0.6 is 0 Å². The van der Waals surface area contributed by atoms with Gasteiger partial charge >= 0.3 is 0 Å². The summed E-state index contributed by atoms with van der Waals surface area (Å²) < 4.78 is 10.5. The van der Waals surface area contributed by atoms with Crippen LogP contribution in [-0.2, 0) is 11.3 Å². The molecule has 0 spiro atoms. The van der Waals surface area contributed by atoms with Crippen LogP contribution in [0.1, 0.15) is 23.9 Å². The van der Waals surface area contributed by atoms with Crippen molar-refractivity contribution in [3.63, 3.8) is 0 Å². The van der Waals surface area contributed by atoms with E-state index in [1.54, 1.807) is 6.26 Å². The van der Waals surface area contributed by atoms with E-state index in [1.165, 1.54) is 0 Å². The molecule has 0 radical (unpaired) electrons. The fourth-order valence-electron chi connectivity index (χ4n) is 1.33. The summed E-state index contributed by atoms with van der Waals surface area (Å²) >= 11 is 0. The van der Waals surface area contributed by atoms with E-state index >= 15 is 0 Å². The highest BCUT2D eigenvalue weighted by atomic mass is 16.5. The Kier molecular flexibility index (Phi) is 2.10. The first-order valence-corrected chi connectivity index (χ1v) is 4.12. The zero-order valence-corrected chi connectivity index (χ0v) is 6.82. The van der Waals surface area contributed by atoms with Crippen molar-refractivity contribution < 1.29 is 9.15 Å². The van der Waals surface area contributed by atoms with Crippen LogP contribution in [0.25, 0.3) is 0 Å². The van der Waals surface area contributed by atoms with Gasteiger partial charge in [-0.15, -0.1) is 0 Å². The summed E-state index contributed by atoms with van der Waals surface area (Å²) in [5.41, 5.74) is 6.22. The Morgan fingerprint density at radius 1 is 1.67 bits per heavy atom. The number of rotatable bonds is 2. The third kappa shape index (κ3) is 1.35. The van der Waals surface area contributed by atoms with E-state index in [4.69, 9.17) is 14.9 Å². The van der Waals surface area contributed by atoms with Crippen molar-refractivity contribution in [2.75, 3.05) is 13.2 Å². The third-order valence-electron chi connectivity index (χ3n) is 2.06. The first-order chi connectivity index (χ1) is 5.90. The van der Waals surface area contributed by atoms with E-state index in [9.17, 15) is 0 Å². The highest BCUT2D eigenvalue weighted by Crippen LogP contribution is 2.23. The molecule has 0 saturated carbocycles. The summed E-state index contributed by atoms with van der Waals surface area (Å²) in [5, 5.41) is 0. The summed E-state index contributed by atoms with van der Waals surface area (Å²) in [7, 11) is 0. The van der Waals surface area contributed by atoms with Crippen LogP contribution in [0.4, 0.5) is 0 Å². The number of nitrogens with zero attached hydrogens (tertiary/aromatic N) is 1. The van der Waals surface area contributed by atoms with Crippen molar-refractivity contribution in [3.8, 4) is 0 Å². The second kappa shape index (κ2) is 3.25. The van der Waals surface area contributed by atoms with Gasteiger partial charge in [0, 0.05) is 13.2 Å². The van der Waals surface area contributed by atoms with Crippen LogP contribution < -0.4 is 5.73 Å². The average molecular weight is 168 g/mol. The number of oxazole rings is 1. The van der Waals surface area contributed by atoms with Crippen molar-refractivity contribution in [1.82, 2.24) is 4.98 Å². The van der Waals surface area contributed by atoms with Crippen LogP contribution in [0.2, 0.25) is 0 Å². The Bertz CT molecular complexity index is 253. The van der Waals surface area contributed by atoms with Crippen molar-refractivity contribution >= 4 is 0 Å². The molecule has 1 unspecified atom stereocenters. The molecule has 1 saturated heterocycles. The number of nitrogens with two attached hydrogens (primary N) is 1. The predicted molar refractivity (Wildman–Crippen MR) is 42.6 cm³/mol. The minimum atomic E-state index is 0.338. The van der Waals surface area contributed by atoms with Gasteiger partial charge in [-0.2, -0.15) is 0 Å². The molecule has 1 atom stereocenters. The first-order valence-electron chi connectivity index (χ1n) is 4.12. The Morgan fingerprint density at radius 3 is 3.17 bits per heavy atom. The van der Waals surface area contributed by atoms with Crippen LogP contribution in [0, 0.1) is 0 Å². The molecule has 4 nitrogen and oxygen atoms in total. The normalized spacial score (nSPS) is 23.2. The Morgan fingerprint density at radius 2 is 2.58 bits per heavy atom. The Balaban J connectivity index is 2.11. The summed E-state index contributed by atoms with van der Waals surface area (Å²) in [5.74, 6) is 1.11. The van der Waals surface area contributed by atoms with Crippen LogP contribution in [0.15, 0.2) is 10.7 Å². The van der Waals surface area contributed by atoms with E-state index < -0.39 is 0 Å². The summed E-state index contributed by atoms with van der Waals surface area (Å²) in [6, 6.07) is 0. The fraction of sp³-hybridized carbons (Fsp3) is 0.625. The molecule has 12 heavy (non-hydrogen) atoms. The molecule has 1 aliphatic heterocycles. The van der Waals surface area contributed by atoms with Crippen molar-refractivity contribution in [1.29, 1.82) is 0 Å². The molecule has 0 bridgehead atoms. The molecule has 66 valence electrons. The topological polar surface area (TPSA) is 61.3 Å². The molecule has 2 heterocycles. The smallest absolute Gasteiger partial charge is 0.199 e. The maximum absolute atomic E-state index is 5.41. The van der Waals surface area contributed by atoms with Gasteiger partial charge in [-0.3, -0.25) is 0 Å². The van der Waals surface area contributed by atoms with Crippen LogP contribution in [0.5, 0.6) is 0 Å². The SMILES string of the molecule is NCc1coc(C2CCOC2)n1.